The van der Waals surface area contributed by atoms with E-state index in [4.69, 9.17) is 0 Å². The van der Waals surface area contributed by atoms with E-state index < -0.39 is 18.4 Å². The van der Waals surface area contributed by atoms with E-state index in [-0.39, 0.29) is 0 Å². The average Bonchev–Trinajstić information content (AvgIpc) is 2.02. The molecule has 0 aromatic heterocycles. The Labute approximate surface area is 83.6 Å². The molecule has 0 aliphatic heterocycles. The van der Waals surface area contributed by atoms with E-state index in [2.05, 4.69) is 45.2 Å². The summed E-state index contributed by atoms with van der Waals surface area (Å²) in [4.78, 5) is 8.85. The van der Waals surface area contributed by atoms with Crippen LogP contribution in [0.5, 0.6) is 0 Å². The number of hydrogen-bond acceptors (Lipinski definition) is 1. The van der Waals surface area contributed by atoms with Crippen molar-refractivity contribution in [1.29, 1.82) is 0 Å². The van der Waals surface area contributed by atoms with Gasteiger partial charge in [-0.15, -0.1) is 0 Å². The molecule has 0 unspecified atom stereocenters. The van der Waals surface area contributed by atoms with Crippen LogP contribution in [0.25, 0.3) is 0 Å². The number of thioether (sulfide) groups is 1. The Hall–Kier alpha value is 0.369. The zero-order valence-corrected chi connectivity index (χ0v) is 11.7. The van der Waals surface area contributed by atoms with Gasteiger partial charge in [-0.1, -0.05) is 0 Å². The molecule has 1 rings (SSSR count). The molecular weight excluding hydrogens is 271 g/mol. The van der Waals surface area contributed by atoms with Crippen LogP contribution in [0.3, 0.4) is 0 Å². The van der Waals surface area contributed by atoms with Gasteiger partial charge >= 0.3 is 84.0 Å². The maximum atomic E-state index is 2.48. The Morgan fingerprint density at radius 3 is 2.17 bits per heavy atom. The fourth-order valence-electron chi connectivity index (χ4n) is 0.817. The quantitative estimate of drug-likeness (QED) is 0.604. The standard InChI is InChI=1S/C7H7S.3CH3.Sn/c1-8-7-5-3-2-4-6-7;;;;/h2-6H,1H2;3*1H3;. The second-order valence-corrected chi connectivity index (χ2v) is 22.3. The molecule has 0 amide bonds. The molecule has 0 N–H and O–H groups in total. The van der Waals surface area contributed by atoms with Crippen LogP contribution < -0.4 is 0 Å². The van der Waals surface area contributed by atoms with Gasteiger partial charge in [0.25, 0.3) is 0 Å². The molecule has 0 spiro atoms. The van der Waals surface area contributed by atoms with Gasteiger partial charge in [-0.2, -0.15) is 0 Å². The van der Waals surface area contributed by atoms with Crippen molar-refractivity contribution in [2.45, 2.75) is 19.7 Å². The summed E-state index contributed by atoms with van der Waals surface area (Å²) < 4.78 is 1.39. The Morgan fingerprint density at radius 2 is 1.67 bits per heavy atom. The second-order valence-electron chi connectivity index (χ2n) is 4.16. The SMILES string of the molecule is [CH3][Sn]([CH3])([CH3])[CH2]Sc1ccccc1. The van der Waals surface area contributed by atoms with E-state index >= 15 is 0 Å². The van der Waals surface area contributed by atoms with Gasteiger partial charge in [-0.25, -0.2) is 0 Å². The molecule has 0 bridgehead atoms. The van der Waals surface area contributed by atoms with Crippen molar-refractivity contribution >= 4 is 30.1 Å². The maximum absolute atomic E-state index is 2.48. The van der Waals surface area contributed by atoms with Crippen LogP contribution in [-0.2, 0) is 0 Å². The molecule has 2 heteroatoms. The topological polar surface area (TPSA) is 0 Å². The predicted octanol–water partition coefficient (Wildman–Crippen LogP) is 3.66. The minimum atomic E-state index is -1.54. The molecule has 0 aliphatic rings. The van der Waals surface area contributed by atoms with Crippen LogP contribution in [0.15, 0.2) is 35.2 Å². The van der Waals surface area contributed by atoms with Crippen LogP contribution in [-0.4, -0.2) is 22.1 Å². The van der Waals surface area contributed by atoms with Gasteiger partial charge in [-0.3, -0.25) is 0 Å². The van der Waals surface area contributed by atoms with Crippen molar-refractivity contribution < 1.29 is 0 Å². The third kappa shape index (κ3) is 4.41. The summed E-state index contributed by atoms with van der Waals surface area (Å²) in [6.45, 7) is 0. The van der Waals surface area contributed by atoms with Crippen LogP contribution in [0.1, 0.15) is 0 Å². The molecule has 1 aromatic carbocycles. The molecule has 12 heavy (non-hydrogen) atoms. The van der Waals surface area contributed by atoms with Crippen molar-refractivity contribution in [3.63, 3.8) is 0 Å². The fraction of sp³-hybridized carbons (Fsp3) is 0.400. The van der Waals surface area contributed by atoms with Crippen molar-refractivity contribution in [2.24, 2.45) is 0 Å². The van der Waals surface area contributed by atoms with E-state index in [1.54, 1.807) is 0 Å². The van der Waals surface area contributed by atoms with Crippen LogP contribution in [0.4, 0.5) is 0 Å². The number of rotatable bonds is 3. The minimum absolute atomic E-state index is 1.39. The van der Waals surface area contributed by atoms with Gasteiger partial charge in [0.15, 0.2) is 0 Å². The average molecular weight is 287 g/mol. The van der Waals surface area contributed by atoms with Crippen molar-refractivity contribution in [3.05, 3.63) is 30.3 Å². The first-order valence-electron chi connectivity index (χ1n) is 4.26. The monoisotopic (exact) mass is 288 g/mol. The van der Waals surface area contributed by atoms with E-state index in [1.165, 1.54) is 8.66 Å². The molecule has 0 saturated carbocycles. The summed E-state index contributed by atoms with van der Waals surface area (Å²) >= 11 is 0.481. The molecule has 0 saturated heterocycles. The predicted molar refractivity (Wildman–Crippen MR) is 60.5 cm³/mol. The molecule has 1 aromatic rings. The molecule has 0 radical (unpaired) electrons. The zero-order chi connectivity index (χ0) is 9.03. The summed E-state index contributed by atoms with van der Waals surface area (Å²) in [5.41, 5.74) is 0. The summed E-state index contributed by atoms with van der Waals surface area (Å²) in [7, 11) is 0. The summed E-state index contributed by atoms with van der Waals surface area (Å²) in [5, 5.41) is 0. The summed E-state index contributed by atoms with van der Waals surface area (Å²) in [6, 6.07) is 10.7. The number of hydrogen-bond donors (Lipinski definition) is 0. The Balaban J connectivity index is 2.44. The molecular formula is C10H16SSn. The Kier molecular flexibility index (Phi) is 3.97. The van der Waals surface area contributed by atoms with Gasteiger partial charge < -0.3 is 0 Å². The zero-order valence-electron chi connectivity index (χ0n) is 8.00. The first kappa shape index (κ1) is 10.4. The first-order chi connectivity index (χ1) is 5.58. The van der Waals surface area contributed by atoms with Crippen LogP contribution in [0, 0.1) is 0 Å². The first-order valence-corrected chi connectivity index (χ1v) is 15.8. The van der Waals surface area contributed by atoms with E-state index in [0.29, 0.717) is 0 Å². The Morgan fingerprint density at radius 1 is 1.08 bits per heavy atom. The number of benzene rings is 1. The summed E-state index contributed by atoms with van der Waals surface area (Å²) in [6.07, 6.45) is 0. The van der Waals surface area contributed by atoms with Gasteiger partial charge in [0, 0.05) is 0 Å². The van der Waals surface area contributed by atoms with Crippen molar-refractivity contribution in [1.82, 2.24) is 0 Å². The van der Waals surface area contributed by atoms with Crippen molar-refractivity contribution in [3.8, 4) is 0 Å². The molecule has 0 heterocycles. The molecule has 0 atom stereocenters. The normalized spacial score (nSPS) is 11.6. The third-order valence-electron chi connectivity index (χ3n) is 1.42. The molecule has 0 aliphatic carbocycles. The molecule has 66 valence electrons. The second kappa shape index (κ2) is 4.56. The van der Waals surface area contributed by atoms with E-state index in [9.17, 15) is 0 Å². The van der Waals surface area contributed by atoms with E-state index in [1.807, 2.05) is 11.8 Å². The van der Waals surface area contributed by atoms with Crippen LogP contribution in [0.2, 0.25) is 14.8 Å². The third-order valence-corrected chi connectivity index (χ3v) is 11.7. The molecule has 0 fully saturated rings. The van der Waals surface area contributed by atoms with Gasteiger partial charge in [0.05, 0.1) is 0 Å². The van der Waals surface area contributed by atoms with Crippen molar-refractivity contribution in [2.75, 3.05) is 3.77 Å². The fourth-order valence-corrected chi connectivity index (χ4v) is 6.90. The summed E-state index contributed by atoms with van der Waals surface area (Å²) in [5.74, 6) is 0. The van der Waals surface area contributed by atoms with Gasteiger partial charge in [-0.05, 0) is 0 Å². The van der Waals surface area contributed by atoms with Crippen LogP contribution >= 0.6 is 11.8 Å². The molecule has 0 nitrogen and oxygen atoms in total. The van der Waals surface area contributed by atoms with Gasteiger partial charge in [0.1, 0.15) is 0 Å². The Bertz CT molecular complexity index is 225. The van der Waals surface area contributed by atoms with Gasteiger partial charge in [0.2, 0.25) is 0 Å². The van der Waals surface area contributed by atoms with E-state index in [0.717, 1.165) is 0 Å².